The number of hydrogen-bond donors (Lipinski definition) is 4. The number of carbonyl (C=O) groups is 3. The molecule has 1 unspecified atom stereocenters. The quantitative estimate of drug-likeness (QED) is 0.0149. The normalized spacial score (nSPS) is 14.7. The lowest BCUT2D eigenvalue weighted by molar-refractivity contribution is -0.161. The number of phosphoric ester groups is 1. The van der Waals surface area contributed by atoms with Gasteiger partial charge in [0.05, 0.1) is 19.3 Å². The molecule has 61 heavy (non-hydrogen) atoms. The van der Waals surface area contributed by atoms with Crippen molar-refractivity contribution in [1.29, 1.82) is 0 Å². The van der Waals surface area contributed by atoms with Crippen LogP contribution >= 0.6 is 7.82 Å². The third-order valence-corrected chi connectivity index (χ3v) is 10.8. The van der Waals surface area contributed by atoms with Gasteiger partial charge in [-0.3, -0.25) is 23.4 Å². The van der Waals surface area contributed by atoms with E-state index in [1.807, 2.05) is 12.2 Å². The molecule has 0 bridgehead atoms. The fourth-order valence-electron chi connectivity index (χ4n) is 6.10. The Morgan fingerprint density at radius 1 is 0.590 bits per heavy atom. The van der Waals surface area contributed by atoms with Crippen LogP contribution in [0.3, 0.4) is 0 Å². The summed E-state index contributed by atoms with van der Waals surface area (Å²) in [6.07, 6.45) is 46.0. The van der Waals surface area contributed by atoms with Crippen molar-refractivity contribution in [1.82, 2.24) is 0 Å². The van der Waals surface area contributed by atoms with Crippen LogP contribution in [0.5, 0.6) is 0 Å². The minimum atomic E-state index is -4.77. The van der Waals surface area contributed by atoms with Gasteiger partial charge < -0.3 is 30.3 Å². The summed E-state index contributed by atoms with van der Waals surface area (Å²) in [6, 6.07) is -1.55. The molecule has 12 nitrogen and oxygen atoms in total. The number of aliphatic carboxylic acids is 1. The molecule has 0 spiro atoms. The molecule has 0 aromatic carbocycles. The van der Waals surface area contributed by atoms with Crippen molar-refractivity contribution in [2.75, 3.05) is 19.8 Å². The lowest BCUT2D eigenvalue weighted by atomic mass is 10.1. The average molecular weight is 882 g/mol. The van der Waals surface area contributed by atoms with Crippen molar-refractivity contribution in [3.63, 3.8) is 0 Å². The first-order chi connectivity index (χ1) is 29.5. The summed E-state index contributed by atoms with van der Waals surface area (Å²) >= 11 is 0. The molecule has 352 valence electrons. The van der Waals surface area contributed by atoms with Crippen LogP contribution in [0.1, 0.15) is 187 Å². The number of carboxylic acids is 1. The van der Waals surface area contributed by atoms with E-state index in [1.165, 1.54) is 89.9 Å². The van der Waals surface area contributed by atoms with Gasteiger partial charge in [0.25, 0.3) is 0 Å². The minimum Gasteiger partial charge on any atom is -0.480 e. The highest BCUT2D eigenvalue weighted by Gasteiger charge is 2.28. The summed E-state index contributed by atoms with van der Waals surface area (Å²) in [6.45, 7) is 2.58. The summed E-state index contributed by atoms with van der Waals surface area (Å²) in [5, 5.41) is 19.2. The van der Waals surface area contributed by atoms with E-state index in [0.29, 0.717) is 19.3 Å². The molecule has 0 aliphatic carbocycles. The Kier molecular flexibility index (Phi) is 40.5. The zero-order valence-electron chi connectivity index (χ0n) is 37.9. The van der Waals surface area contributed by atoms with Gasteiger partial charge in [-0.05, 0) is 70.6 Å². The van der Waals surface area contributed by atoms with Crippen LogP contribution in [0.25, 0.3) is 0 Å². The summed E-state index contributed by atoms with van der Waals surface area (Å²) in [4.78, 5) is 46.1. The number of aliphatic hydroxyl groups excluding tert-OH is 1. The number of ether oxygens (including phenoxy) is 2. The predicted octanol–water partition coefficient (Wildman–Crippen LogP) is 11.7. The Balaban J connectivity index is 4.49. The van der Waals surface area contributed by atoms with Crippen LogP contribution in [-0.2, 0) is 37.5 Å². The molecular weight excluding hydrogens is 797 g/mol. The van der Waals surface area contributed by atoms with Gasteiger partial charge in [-0.15, -0.1) is 0 Å². The molecule has 13 heteroatoms. The van der Waals surface area contributed by atoms with Gasteiger partial charge >= 0.3 is 25.7 Å². The molecule has 4 atom stereocenters. The third kappa shape index (κ3) is 42.2. The molecule has 0 rings (SSSR count). The van der Waals surface area contributed by atoms with Crippen molar-refractivity contribution in [2.45, 2.75) is 205 Å². The molecule has 0 saturated carbocycles. The van der Waals surface area contributed by atoms with E-state index in [2.05, 4.69) is 54.8 Å². The average Bonchev–Trinajstić information content (AvgIpc) is 3.23. The number of carbonyl (C=O) groups excluding carboxylic acids is 2. The SMILES string of the molecule is CCCCC/C=C\C/C=C\C/C=C\C=C\[C@@H](O)CCCC(=O)OC[C@H](COP(=O)(O)OC[C@H](N)C(=O)O)OC(=O)CCCCCCCCCCC/C=C\CCCCCCCC. The number of esters is 2. The first kappa shape index (κ1) is 58.1. The Morgan fingerprint density at radius 2 is 1.07 bits per heavy atom. The highest BCUT2D eigenvalue weighted by Crippen LogP contribution is 2.43. The molecule has 0 fully saturated rings. The molecule has 0 aromatic heterocycles. The van der Waals surface area contributed by atoms with Crippen molar-refractivity contribution < 1.29 is 52.6 Å². The number of nitrogens with two attached hydrogens (primary N) is 1. The van der Waals surface area contributed by atoms with E-state index in [0.717, 1.165) is 51.4 Å². The zero-order chi connectivity index (χ0) is 45.1. The van der Waals surface area contributed by atoms with Crippen LogP contribution < -0.4 is 5.73 Å². The second-order valence-corrected chi connectivity index (χ2v) is 17.2. The number of rotatable bonds is 43. The Hall–Kier alpha value is -2.86. The molecule has 0 saturated heterocycles. The van der Waals surface area contributed by atoms with Gasteiger partial charge in [0.15, 0.2) is 6.10 Å². The monoisotopic (exact) mass is 882 g/mol. The van der Waals surface area contributed by atoms with Crippen LogP contribution in [-0.4, -0.2) is 71.1 Å². The lowest BCUT2D eigenvalue weighted by Crippen LogP contribution is -2.34. The van der Waals surface area contributed by atoms with E-state index in [4.69, 9.17) is 24.8 Å². The maximum Gasteiger partial charge on any atom is 0.472 e. The minimum absolute atomic E-state index is 0.00844. The van der Waals surface area contributed by atoms with E-state index in [-0.39, 0.29) is 12.8 Å². The molecule has 0 aliphatic rings. The Labute approximate surface area is 369 Å². The maximum atomic E-state index is 12.7. The van der Waals surface area contributed by atoms with E-state index >= 15 is 0 Å². The van der Waals surface area contributed by atoms with Crippen molar-refractivity contribution in [2.24, 2.45) is 5.73 Å². The second kappa shape index (κ2) is 42.4. The topological polar surface area (TPSA) is 192 Å². The van der Waals surface area contributed by atoms with Gasteiger partial charge in [-0.2, -0.15) is 0 Å². The first-order valence-corrected chi connectivity index (χ1v) is 24.9. The smallest absolute Gasteiger partial charge is 0.472 e. The predicted molar refractivity (Wildman–Crippen MR) is 246 cm³/mol. The van der Waals surface area contributed by atoms with E-state index in [1.54, 1.807) is 12.2 Å². The Morgan fingerprint density at radius 3 is 1.67 bits per heavy atom. The van der Waals surface area contributed by atoms with E-state index < -0.39 is 63.8 Å². The largest absolute Gasteiger partial charge is 0.480 e. The fraction of sp³-hybridized carbons (Fsp3) is 0.729. The highest BCUT2D eigenvalue weighted by molar-refractivity contribution is 7.47. The summed E-state index contributed by atoms with van der Waals surface area (Å²) in [7, 11) is -4.77. The molecule has 0 amide bonds. The summed E-state index contributed by atoms with van der Waals surface area (Å²) in [5.41, 5.74) is 5.33. The number of phosphoric acid groups is 1. The number of allylic oxidation sites excluding steroid dienone is 9. The van der Waals surface area contributed by atoms with Gasteiger partial charge in [0, 0.05) is 12.8 Å². The number of aliphatic hydroxyl groups is 1. The summed E-state index contributed by atoms with van der Waals surface area (Å²) in [5.74, 6) is -2.61. The molecule has 0 heterocycles. The third-order valence-electron chi connectivity index (χ3n) is 9.84. The van der Waals surface area contributed by atoms with Crippen LogP contribution in [0.4, 0.5) is 0 Å². The molecule has 0 aliphatic heterocycles. The van der Waals surface area contributed by atoms with Crippen LogP contribution in [0.15, 0.2) is 60.8 Å². The molecule has 0 aromatic rings. The zero-order valence-corrected chi connectivity index (χ0v) is 38.7. The van der Waals surface area contributed by atoms with E-state index in [9.17, 15) is 28.9 Å². The number of unbranched alkanes of at least 4 members (excludes halogenated alkanes) is 18. The summed E-state index contributed by atoms with van der Waals surface area (Å²) < 4.78 is 32.6. The highest BCUT2D eigenvalue weighted by atomic mass is 31.2. The molecular formula is C48H84NO11P. The lowest BCUT2D eigenvalue weighted by Gasteiger charge is -2.20. The fourth-order valence-corrected chi connectivity index (χ4v) is 6.88. The maximum absolute atomic E-state index is 12.7. The number of carboxylic acid groups (broad SMARTS) is 1. The van der Waals surface area contributed by atoms with Crippen molar-refractivity contribution >= 4 is 25.7 Å². The molecule has 0 radical (unpaired) electrons. The van der Waals surface area contributed by atoms with Gasteiger partial charge in [0.2, 0.25) is 0 Å². The van der Waals surface area contributed by atoms with Crippen molar-refractivity contribution in [3.05, 3.63) is 60.8 Å². The second-order valence-electron chi connectivity index (χ2n) is 15.7. The standard InChI is InChI=1S/C48H84NO11P/c1-3-5-7-9-11-13-15-17-18-19-20-21-22-24-26-28-30-32-34-38-47(52)60-44(41-58-61(55,56)59-42-45(49)48(53)54)40-57-46(51)39-35-37-43(50)36-33-31-29-27-25-23-16-14-12-10-8-6-4-2/h12,14,17-18,23,25,29,31,33,36,43-45,50H,3-11,13,15-16,19-22,24,26-28,30,32,34-35,37-42,49H2,1-2H3,(H,53,54)(H,55,56)/b14-12-,18-17-,25-23-,31-29-,36-33+/t43-,44-,45+/m1/s1. The van der Waals surface area contributed by atoms with Gasteiger partial charge in [-0.1, -0.05) is 164 Å². The Bertz CT molecular complexity index is 1280. The number of hydrogen-bond acceptors (Lipinski definition) is 10. The van der Waals surface area contributed by atoms with Crippen LogP contribution in [0, 0.1) is 0 Å². The van der Waals surface area contributed by atoms with Gasteiger partial charge in [-0.25, -0.2) is 4.57 Å². The van der Waals surface area contributed by atoms with Crippen molar-refractivity contribution in [3.8, 4) is 0 Å². The van der Waals surface area contributed by atoms with Crippen LogP contribution in [0.2, 0.25) is 0 Å². The van der Waals surface area contributed by atoms with Gasteiger partial charge in [0.1, 0.15) is 12.6 Å². The first-order valence-electron chi connectivity index (χ1n) is 23.4. The molecule has 5 N–H and O–H groups in total.